The van der Waals surface area contributed by atoms with Crippen LogP contribution in [0.4, 0.5) is 0 Å². The Labute approximate surface area is 357 Å². The standard InChI is InChI=1S/C44H78N4O2.4ClH/c1-41(2,3)35-27-33(28-36(39(35)49)42(4,5)6)31-47-25-19-23-45-21-17-15-13-14-16-18-22-46-24-20-26-48-32-34-29-37(43(7,8)9)40(50)38(30-34)44(10,11)12;;;;/h27-30,45-50H,13-26,31-32H2,1-12H3;4*1H. The van der Waals surface area contributed by atoms with Crippen LogP contribution in [-0.2, 0) is 34.7 Å². The third-order valence-corrected chi connectivity index (χ3v) is 9.60. The summed E-state index contributed by atoms with van der Waals surface area (Å²) in [7, 11) is 0. The summed E-state index contributed by atoms with van der Waals surface area (Å²) in [5, 5.41) is 36.4. The molecule has 6 N–H and O–H groups in total. The molecule has 2 aromatic rings. The highest BCUT2D eigenvalue weighted by molar-refractivity contribution is 5.86. The van der Waals surface area contributed by atoms with Crippen molar-refractivity contribution in [1.82, 2.24) is 21.3 Å². The number of benzene rings is 2. The van der Waals surface area contributed by atoms with Crippen LogP contribution in [0.3, 0.4) is 0 Å². The number of unbranched alkanes of at least 4 members (excludes halogenated alkanes) is 5. The molecule has 0 radical (unpaired) electrons. The first-order chi connectivity index (χ1) is 23.2. The van der Waals surface area contributed by atoms with Crippen molar-refractivity contribution in [2.75, 3.05) is 39.3 Å². The minimum atomic E-state index is -0.0909. The van der Waals surface area contributed by atoms with Gasteiger partial charge in [-0.1, -0.05) is 133 Å². The van der Waals surface area contributed by atoms with E-state index in [0.717, 1.165) is 87.5 Å². The summed E-state index contributed by atoms with van der Waals surface area (Å²) in [6.45, 7) is 34.0. The fourth-order valence-corrected chi connectivity index (χ4v) is 6.48. The van der Waals surface area contributed by atoms with Crippen molar-refractivity contribution in [1.29, 1.82) is 0 Å². The normalized spacial score (nSPS) is 12.0. The molecule has 0 aliphatic rings. The molecule has 0 fully saturated rings. The quantitative estimate of drug-likeness (QED) is 0.0702. The van der Waals surface area contributed by atoms with Crippen molar-refractivity contribution < 1.29 is 10.2 Å². The average Bonchev–Trinajstić information content (AvgIpc) is 2.99. The number of halogens is 4. The van der Waals surface area contributed by atoms with Gasteiger partial charge in [0.25, 0.3) is 0 Å². The van der Waals surface area contributed by atoms with Crippen LogP contribution in [0.15, 0.2) is 24.3 Å². The molecule has 6 nitrogen and oxygen atoms in total. The Morgan fingerprint density at radius 1 is 0.352 bits per heavy atom. The number of hydrogen-bond donors (Lipinski definition) is 6. The van der Waals surface area contributed by atoms with E-state index in [-0.39, 0.29) is 71.3 Å². The van der Waals surface area contributed by atoms with Gasteiger partial charge in [0.1, 0.15) is 11.5 Å². The number of nitrogens with one attached hydrogen (secondary N) is 4. The van der Waals surface area contributed by atoms with E-state index in [1.807, 2.05) is 0 Å². The van der Waals surface area contributed by atoms with Gasteiger partial charge in [-0.25, -0.2) is 0 Å². The monoisotopic (exact) mass is 839 g/mol. The number of aromatic hydroxyl groups is 2. The summed E-state index contributed by atoms with van der Waals surface area (Å²) in [6.07, 6.45) is 10.0. The van der Waals surface area contributed by atoms with E-state index in [4.69, 9.17) is 0 Å². The lowest BCUT2D eigenvalue weighted by atomic mass is 9.78. The Kier molecular flexibility index (Phi) is 28.5. The molecule has 0 aliphatic heterocycles. The van der Waals surface area contributed by atoms with Gasteiger partial charge in [-0.3, -0.25) is 0 Å². The summed E-state index contributed by atoms with van der Waals surface area (Å²) in [4.78, 5) is 0. The van der Waals surface area contributed by atoms with Crippen LogP contribution in [0.2, 0.25) is 0 Å². The Hall–Kier alpha value is -0.960. The Morgan fingerprint density at radius 3 is 0.833 bits per heavy atom. The van der Waals surface area contributed by atoms with Gasteiger partial charge in [0.15, 0.2) is 0 Å². The van der Waals surface area contributed by atoms with E-state index < -0.39 is 0 Å². The Morgan fingerprint density at radius 2 is 0.574 bits per heavy atom. The average molecular weight is 841 g/mol. The zero-order valence-electron chi connectivity index (χ0n) is 36.2. The third kappa shape index (κ3) is 21.0. The molecule has 0 atom stereocenters. The molecule has 0 saturated heterocycles. The second-order valence-corrected chi connectivity index (χ2v) is 18.8. The van der Waals surface area contributed by atoms with Gasteiger partial charge in [0.05, 0.1) is 0 Å². The minimum absolute atomic E-state index is 0. The summed E-state index contributed by atoms with van der Waals surface area (Å²) >= 11 is 0. The predicted molar refractivity (Wildman–Crippen MR) is 246 cm³/mol. The first-order valence-corrected chi connectivity index (χ1v) is 19.8. The lowest BCUT2D eigenvalue weighted by Gasteiger charge is -2.28. The summed E-state index contributed by atoms with van der Waals surface area (Å²) in [5.41, 5.74) is 6.28. The van der Waals surface area contributed by atoms with Crippen LogP contribution < -0.4 is 21.3 Å². The van der Waals surface area contributed by atoms with E-state index >= 15 is 0 Å². The summed E-state index contributed by atoms with van der Waals surface area (Å²) in [6, 6.07) is 8.71. The zero-order chi connectivity index (χ0) is 37.6. The number of rotatable bonds is 21. The van der Waals surface area contributed by atoms with Gasteiger partial charge >= 0.3 is 0 Å². The molecule has 0 saturated carbocycles. The lowest BCUT2D eigenvalue weighted by Crippen LogP contribution is -2.23. The molecule has 0 heterocycles. The smallest absolute Gasteiger partial charge is 0.123 e. The van der Waals surface area contributed by atoms with Crippen LogP contribution in [0.25, 0.3) is 0 Å². The molecule has 0 aromatic heterocycles. The molecule has 0 unspecified atom stereocenters. The van der Waals surface area contributed by atoms with E-state index in [1.165, 1.54) is 49.7 Å². The van der Waals surface area contributed by atoms with Crippen LogP contribution >= 0.6 is 49.6 Å². The van der Waals surface area contributed by atoms with Crippen molar-refractivity contribution >= 4 is 49.6 Å². The number of phenolic OH excluding ortho intramolecular Hbond substituents is 2. The predicted octanol–water partition coefficient (Wildman–Crippen LogP) is 11.2. The van der Waals surface area contributed by atoms with Crippen LogP contribution in [0.1, 0.15) is 168 Å². The second kappa shape index (κ2) is 26.9. The van der Waals surface area contributed by atoms with Crippen molar-refractivity contribution in [2.45, 2.75) is 169 Å². The molecule has 0 spiro atoms. The van der Waals surface area contributed by atoms with Gasteiger partial charge in [-0.15, -0.1) is 49.6 Å². The van der Waals surface area contributed by atoms with Crippen molar-refractivity contribution in [3.05, 3.63) is 57.6 Å². The molecular weight excluding hydrogens is 758 g/mol. The van der Waals surface area contributed by atoms with Crippen molar-refractivity contribution in [3.8, 4) is 11.5 Å². The van der Waals surface area contributed by atoms with E-state index in [9.17, 15) is 10.2 Å². The molecule has 0 aliphatic carbocycles. The van der Waals surface area contributed by atoms with Crippen LogP contribution in [0.5, 0.6) is 11.5 Å². The highest BCUT2D eigenvalue weighted by Crippen LogP contribution is 2.41. The summed E-state index contributed by atoms with van der Waals surface area (Å²) < 4.78 is 0. The Bertz CT molecular complexity index is 1130. The van der Waals surface area contributed by atoms with Crippen molar-refractivity contribution in [3.63, 3.8) is 0 Å². The molecule has 0 amide bonds. The van der Waals surface area contributed by atoms with Gasteiger partial charge in [0, 0.05) is 13.1 Å². The zero-order valence-corrected chi connectivity index (χ0v) is 39.4. The highest BCUT2D eigenvalue weighted by atomic mass is 35.5. The van der Waals surface area contributed by atoms with Crippen LogP contribution in [-0.4, -0.2) is 49.5 Å². The van der Waals surface area contributed by atoms with E-state index in [0.29, 0.717) is 11.5 Å². The molecule has 2 aromatic carbocycles. The third-order valence-electron chi connectivity index (χ3n) is 9.60. The molecular formula is C44H82Cl4N4O2. The molecule has 10 heteroatoms. The molecule has 318 valence electrons. The van der Waals surface area contributed by atoms with Gasteiger partial charge in [0.2, 0.25) is 0 Å². The highest BCUT2D eigenvalue weighted by Gasteiger charge is 2.27. The second-order valence-electron chi connectivity index (χ2n) is 18.8. The van der Waals surface area contributed by atoms with E-state index in [2.05, 4.69) is 129 Å². The SMILES string of the molecule is CC(C)(C)c1cc(CNCCCNCCCCCCCCNCCCNCc2cc(C(C)(C)C)c(O)c(C(C)(C)C)c2)cc(C(C)(C)C)c1O.Cl.Cl.Cl.Cl. The van der Waals surface area contributed by atoms with E-state index in [1.54, 1.807) is 0 Å². The molecule has 2 rings (SSSR count). The van der Waals surface area contributed by atoms with Gasteiger partial charge in [-0.05, 0) is 120 Å². The Balaban J connectivity index is -0.00000650. The maximum atomic E-state index is 11.0. The number of hydrogen-bond acceptors (Lipinski definition) is 6. The summed E-state index contributed by atoms with van der Waals surface area (Å²) in [5.74, 6) is 0.914. The number of phenols is 2. The fraction of sp³-hybridized carbons (Fsp3) is 0.727. The maximum Gasteiger partial charge on any atom is 0.123 e. The first kappa shape index (κ1) is 57.4. The topological polar surface area (TPSA) is 88.6 Å². The lowest BCUT2D eigenvalue weighted by molar-refractivity contribution is 0.421. The minimum Gasteiger partial charge on any atom is -0.507 e. The fourth-order valence-electron chi connectivity index (χ4n) is 6.48. The van der Waals surface area contributed by atoms with Crippen LogP contribution in [0, 0.1) is 0 Å². The molecule has 54 heavy (non-hydrogen) atoms. The first-order valence-electron chi connectivity index (χ1n) is 19.8. The van der Waals surface area contributed by atoms with Gasteiger partial charge in [-0.2, -0.15) is 0 Å². The van der Waals surface area contributed by atoms with Crippen molar-refractivity contribution in [2.24, 2.45) is 0 Å². The maximum absolute atomic E-state index is 11.0. The largest absolute Gasteiger partial charge is 0.507 e. The molecule has 0 bridgehead atoms. The van der Waals surface area contributed by atoms with Gasteiger partial charge < -0.3 is 31.5 Å².